The number of piperazine rings is 1. The first-order chi connectivity index (χ1) is 9.66. The number of rotatable bonds is 5. The molecular weight excluding hydrogens is 311 g/mol. The van der Waals surface area contributed by atoms with Crippen molar-refractivity contribution in [3.63, 3.8) is 0 Å². The smallest absolute Gasteiger partial charge is 0.222 e. The van der Waals surface area contributed by atoms with Gasteiger partial charge in [0.05, 0.1) is 6.61 Å². The van der Waals surface area contributed by atoms with E-state index in [4.69, 9.17) is 16.3 Å². The molecule has 1 aromatic rings. The first-order valence-electron chi connectivity index (χ1n) is 7.04. The van der Waals surface area contributed by atoms with Gasteiger partial charge in [0.1, 0.15) is 5.75 Å². The van der Waals surface area contributed by atoms with Gasteiger partial charge in [-0.05, 0) is 37.1 Å². The van der Waals surface area contributed by atoms with E-state index in [2.05, 4.69) is 5.32 Å². The molecule has 1 aromatic carbocycles. The van der Waals surface area contributed by atoms with Crippen LogP contribution < -0.4 is 10.1 Å². The third-order valence-corrected chi connectivity index (χ3v) is 3.83. The lowest BCUT2D eigenvalue weighted by atomic mass is 10.2. The van der Waals surface area contributed by atoms with Crippen molar-refractivity contribution in [2.75, 3.05) is 32.8 Å². The Kier molecular flexibility index (Phi) is 7.86. The zero-order valence-electron chi connectivity index (χ0n) is 12.2. The van der Waals surface area contributed by atoms with E-state index in [1.54, 1.807) is 0 Å². The maximum atomic E-state index is 11.9. The van der Waals surface area contributed by atoms with Crippen molar-refractivity contribution in [2.24, 2.45) is 0 Å². The van der Waals surface area contributed by atoms with E-state index in [0.29, 0.717) is 13.0 Å². The Balaban J connectivity index is 0.00000220. The molecule has 0 saturated carbocycles. The summed E-state index contributed by atoms with van der Waals surface area (Å²) < 4.78 is 5.64. The molecule has 1 saturated heterocycles. The van der Waals surface area contributed by atoms with Crippen LogP contribution in [0.25, 0.3) is 0 Å². The van der Waals surface area contributed by atoms with Crippen molar-refractivity contribution < 1.29 is 9.53 Å². The summed E-state index contributed by atoms with van der Waals surface area (Å²) in [5, 5.41) is 3.98. The highest BCUT2D eigenvalue weighted by Gasteiger charge is 2.15. The number of carbonyl (C=O) groups is 1. The van der Waals surface area contributed by atoms with Crippen LogP contribution in [0.15, 0.2) is 18.2 Å². The fraction of sp³-hybridized carbons (Fsp3) is 0.533. The normalized spacial score (nSPS) is 14.5. The fourth-order valence-electron chi connectivity index (χ4n) is 2.19. The molecule has 2 rings (SSSR count). The maximum absolute atomic E-state index is 11.9. The molecule has 0 spiro atoms. The number of benzene rings is 1. The minimum atomic E-state index is 0. The van der Waals surface area contributed by atoms with Gasteiger partial charge >= 0.3 is 0 Å². The molecule has 0 aromatic heterocycles. The number of aryl methyl sites for hydroxylation is 1. The van der Waals surface area contributed by atoms with E-state index < -0.39 is 0 Å². The van der Waals surface area contributed by atoms with E-state index in [0.717, 1.165) is 48.9 Å². The predicted molar refractivity (Wildman–Crippen MR) is 87.6 cm³/mol. The van der Waals surface area contributed by atoms with Gasteiger partial charge in [-0.15, -0.1) is 12.4 Å². The van der Waals surface area contributed by atoms with Gasteiger partial charge in [-0.3, -0.25) is 4.79 Å². The lowest BCUT2D eigenvalue weighted by molar-refractivity contribution is -0.132. The van der Waals surface area contributed by atoms with Crippen molar-refractivity contribution in [1.82, 2.24) is 10.2 Å². The van der Waals surface area contributed by atoms with Crippen LogP contribution in [0, 0.1) is 6.92 Å². The monoisotopic (exact) mass is 332 g/mol. The van der Waals surface area contributed by atoms with E-state index in [-0.39, 0.29) is 18.3 Å². The summed E-state index contributed by atoms with van der Waals surface area (Å²) in [6, 6.07) is 5.60. The first kappa shape index (κ1) is 18.1. The molecule has 1 heterocycles. The highest BCUT2D eigenvalue weighted by molar-refractivity contribution is 6.31. The highest BCUT2D eigenvalue weighted by Crippen LogP contribution is 2.21. The second-order valence-electron chi connectivity index (χ2n) is 4.99. The van der Waals surface area contributed by atoms with Crippen molar-refractivity contribution in [1.29, 1.82) is 0 Å². The maximum Gasteiger partial charge on any atom is 0.222 e. The molecule has 6 heteroatoms. The number of hydrogen-bond donors (Lipinski definition) is 1. The highest BCUT2D eigenvalue weighted by atomic mass is 35.5. The minimum absolute atomic E-state index is 0. The predicted octanol–water partition coefficient (Wildman–Crippen LogP) is 2.66. The van der Waals surface area contributed by atoms with Crippen LogP contribution in [0.2, 0.25) is 5.02 Å². The van der Waals surface area contributed by atoms with Crippen LogP contribution in [0.1, 0.15) is 18.4 Å². The van der Waals surface area contributed by atoms with E-state index >= 15 is 0 Å². The molecule has 1 amide bonds. The molecule has 21 heavy (non-hydrogen) atoms. The van der Waals surface area contributed by atoms with Crippen LogP contribution in [-0.2, 0) is 4.79 Å². The Labute approximate surface area is 137 Å². The van der Waals surface area contributed by atoms with Crippen molar-refractivity contribution in [3.05, 3.63) is 28.8 Å². The van der Waals surface area contributed by atoms with E-state index in [1.165, 1.54) is 0 Å². The molecule has 0 atom stereocenters. The summed E-state index contributed by atoms with van der Waals surface area (Å²) in [5.74, 6) is 1.03. The van der Waals surface area contributed by atoms with Gasteiger partial charge in [0, 0.05) is 37.6 Å². The van der Waals surface area contributed by atoms with Gasteiger partial charge in [-0.25, -0.2) is 0 Å². The molecular formula is C15H22Cl2N2O2. The van der Waals surface area contributed by atoms with Crippen molar-refractivity contribution in [3.8, 4) is 5.75 Å². The van der Waals surface area contributed by atoms with Crippen LogP contribution in [0.5, 0.6) is 5.75 Å². The number of ether oxygens (including phenoxy) is 1. The summed E-state index contributed by atoms with van der Waals surface area (Å²) >= 11 is 5.96. The zero-order valence-corrected chi connectivity index (χ0v) is 13.8. The molecule has 1 N–H and O–H groups in total. The van der Waals surface area contributed by atoms with Gasteiger partial charge in [-0.1, -0.05) is 11.6 Å². The summed E-state index contributed by atoms with van der Waals surface area (Å²) in [6.07, 6.45) is 1.29. The van der Waals surface area contributed by atoms with Crippen LogP contribution >= 0.6 is 24.0 Å². The quantitative estimate of drug-likeness (QED) is 0.843. The van der Waals surface area contributed by atoms with Crippen molar-refractivity contribution >= 4 is 29.9 Å². The van der Waals surface area contributed by atoms with Gasteiger partial charge in [-0.2, -0.15) is 0 Å². The number of carbonyl (C=O) groups excluding carboxylic acids is 1. The lowest BCUT2D eigenvalue weighted by Gasteiger charge is -2.27. The molecule has 1 aliphatic heterocycles. The second-order valence-corrected chi connectivity index (χ2v) is 5.40. The number of nitrogens with zero attached hydrogens (tertiary/aromatic N) is 1. The minimum Gasteiger partial charge on any atom is -0.494 e. The van der Waals surface area contributed by atoms with Crippen LogP contribution in [-0.4, -0.2) is 43.6 Å². The van der Waals surface area contributed by atoms with E-state index in [9.17, 15) is 4.79 Å². The summed E-state index contributed by atoms with van der Waals surface area (Å²) in [4.78, 5) is 13.9. The summed E-state index contributed by atoms with van der Waals surface area (Å²) in [5.41, 5.74) is 1.00. The largest absolute Gasteiger partial charge is 0.494 e. The number of halogens is 2. The van der Waals surface area contributed by atoms with Gasteiger partial charge in [0.2, 0.25) is 5.91 Å². The fourth-order valence-corrected chi connectivity index (χ4v) is 2.31. The first-order valence-corrected chi connectivity index (χ1v) is 7.42. The van der Waals surface area contributed by atoms with Gasteiger partial charge in [0.25, 0.3) is 0 Å². The second kappa shape index (κ2) is 9.13. The van der Waals surface area contributed by atoms with Crippen LogP contribution in [0.4, 0.5) is 0 Å². The molecule has 0 bridgehead atoms. The van der Waals surface area contributed by atoms with Gasteiger partial charge < -0.3 is 15.0 Å². The number of amides is 1. The summed E-state index contributed by atoms with van der Waals surface area (Å²) in [7, 11) is 0. The Morgan fingerprint density at radius 3 is 2.76 bits per heavy atom. The zero-order chi connectivity index (χ0) is 14.4. The topological polar surface area (TPSA) is 41.6 Å². The number of hydrogen-bond acceptors (Lipinski definition) is 3. The Morgan fingerprint density at radius 1 is 1.38 bits per heavy atom. The molecule has 0 unspecified atom stereocenters. The number of nitrogens with one attached hydrogen (secondary N) is 1. The molecule has 118 valence electrons. The Morgan fingerprint density at radius 2 is 2.10 bits per heavy atom. The Bertz CT molecular complexity index is 463. The molecule has 0 aliphatic carbocycles. The standard InChI is InChI=1S/C15H21ClN2O2.ClH/c1-12-11-13(4-5-14(12)16)20-10-2-3-15(19)18-8-6-17-7-9-18;/h4-5,11,17H,2-3,6-10H2,1H3;1H. The molecule has 1 fully saturated rings. The molecule has 4 nitrogen and oxygen atoms in total. The molecule has 0 radical (unpaired) electrons. The van der Waals surface area contributed by atoms with E-state index in [1.807, 2.05) is 30.0 Å². The van der Waals surface area contributed by atoms with Crippen molar-refractivity contribution in [2.45, 2.75) is 19.8 Å². The average molecular weight is 333 g/mol. The van der Waals surface area contributed by atoms with Gasteiger partial charge in [0.15, 0.2) is 0 Å². The Hall–Kier alpha value is -0.970. The summed E-state index contributed by atoms with van der Waals surface area (Å²) in [6.45, 7) is 5.92. The average Bonchev–Trinajstić information content (AvgIpc) is 2.48. The molecule has 1 aliphatic rings. The SMILES string of the molecule is Cc1cc(OCCCC(=O)N2CCNCC2)ccc1Cl.Cl. The lowest BCUT2D eigenvalue weighted by Crippen LogP contribution is -2.46. The van der Waals surface area contributed by atoms with Crippen LogP contribution in [0.3, 0.4) is 0 Å². The third kappa shape index (κ3) is 5.73. The third-order valence-electron chi connectivity index (χ3n) is 3.40.